The lowest BCUT2D eigenvalue weighted by Crippen LogP contribution is -2.30. The van der Waals surface area contributed by atoms with E-state index in [4.69, 9.17) is 5.11 Å². The average Bonchev–Trinajstić information content (AvgIpc) is 1.97. The molecule has 0 radical (unpaired) electrons. The summed E-state index contributed by atoms with van der Waals surface area (Å²) >= 11 is 0. The van der Waals surface area contributed by atoms with E-state index in [1.807, 2.05) is 0 Å². The summed E-state index contributed by atoms with van der Waals surface area (Å²) in [5.74, 6) is -0.802. The van der Waals surface area contributed by atoms with Crippen LogP contribution in [0.4, 0.5) is 0 Å². The van der Waals surface area contributed by atoms with Gasteiger partial charge in [-0.3, -0.25) is 9.88 Å². The first-order valence-corrected chi connectivity index (χ1v) is 4.50. The average molecular weight is 196 g/mol. The molecule has 0 heterocycles. The molecule has 4 nitrogen and oxygen atoms in total. The third-order valence-corrected chi connectivity index (χ3v) is 2.00. The molecule has 11 heavy (non-hydrogen) atoms. The van der Waals surface area contributed by atoms with Crippen LogP contribution in [0.2, 0.25) is 0 Å². The van der Waals surface area contributed by atoms with E-state index >= 15 is 0 Å². The van der Waals surface area contributed by atoms with E-state index < -0.39 is 12.0 Å². The van der Waals surface area contributed by atoms with E-state index in [2.05, 4.69) is 29.0 Å². The molecule has 3 atom stereocenters. The first-order chi connectivity index (χ1) is 5.22. The van der Waals surface area contributed by atoms with Crippen molar-refractivity contribution < 1.29 is 9.90 Å². The second-order valence-electron chi connectivity index (χ2n) is 2.15. The molecule has 3 N–H and O–H groups in total. The van der Waals surface area contributed by atoms with Gasteiger partial charge in [0, 0.05) is 0 Å². The standard InChI is InChI=1S/C5H14N2O2P2/c8-5(9)4(7-11)2-1-3-6-10/h4,6-7H,1-3,10-11H2,(H,8,9)/t4-/m0/s1. The van der Waals surface area contributed by atoms with Gasteiger partial charge < -0.3 is 10.2 Å². The zero-order chi connectivity index (χ0) is 8.69. The topological polar surface area (TPSA) is 61.4 Å². The van der Waals surface area contributed by atoms with Crippen molar-refractivity contribution in [2.24, 2.45) is 0 Å². The van der Waals surface area contributed by atoms with Crippen molar-refractivity contribution in [3.05, 3.63) is 0 Å². The maximum atomic E-state index is 10.4. The van der Waals surface area contributed by atoms with Crippen molar-refractivity contribution in [2.45, 2.75) is 18.9 Å². The number of carboxylic acids is 1. The fraction of sp³-hybridized carbons (Fsp3) is 0.800. The van der Waals surface area contributed by atoms with Crippen molar-refractivity contribution in [1.29, 1.82) is 0 Å². The highest BCUT2D eigenvalue weighted by Crippen LogP contribution is 1.98. The van der Waals surface area contributed by atoms with Gasteiger partial charge in [0.1, 0.15) is 6.04 Å². The lowest BCUT2D eigenvalue weighted by Gasteiger charge is -2.09. The molecule has 0 saturated heterocycles. The second-order valence-corrected chi connectivity index (χ2v) is 2.90. The lowest BCUT2D eigenvalue weighted by atomic mass is 10.2. The van der Waals surface area contributed by atoms with Crippen molar-refractivity contribution in [1.82, 2.24) is 10.2 Å². The van der Waals surface area contributed by atoms with Crippen LogP contribution >= 0.6 is 18.8 Å². The summed E-state index contributed by atoms with van der Waals surface area (Å²) in [7, 11) is 4.59. The molecule has 0 saturated carbocycles. The van der Waals surface area contributed by atoms with Crippen LogP contribution < -0.4 is 10.2 Å². The Kier molecular flexibility index (Phi) is 7.09. The Bertz CT molecular complexity index is 123. The van der Waals surface area contributed by atoms with E-state index in [9.17, 15) is 4.79 Å². The Morgan fingerprint density at radius 1 is 1.55 bits per heavy atom. The number of hydrogen-bond donors (Lipinski definition) is 3. The van der Waals surface area contributed by atoms with Crippen LogP contribution in [-0.2, 0) is 4.79 Å². The second kappa shape index (κ2) is 6.93. The van der Waals surface area contributed by atoms with Crippen molar-refractivity contribution in [3.63, 3.8) is 0 Å². The summed E-state index contributed by atoms with van der Waals surface area (Å²) in [6.45, 7) is 0.820. The third kappa shape index (κ3) is 5.51. The Hall–Kier alpha value is 0.250. The molecule has 0 aromatic carbocycles. The highest BCUT2D eigenvalue weighted by Gasteiger charge is 2.12. The maximum absolute atomic E-state index is 10.4. The zero-order valence-corrected chi connectivity index (χ0v) is 8.52. The van der Waals surface area contributed by atoms with Gasteiger partial charge in [-0.25, -0.2) is 0 Å². The Morgan fingerprint density at radius 2 is 2.18 bits per heavy atom. The van der Waals surface area contributed by atoms with E-state index in [0.29, 0.717) is 6.42 Å². The summed E-state index contributed by atoms with van der Waals surface area (Å²) in [4.78, 5) is 10.4. The van der Waals surface area contributed by atoms with Gasteiger partial charge in [-0.1, -0.05) is 18.8 Å². The molecule has 0 spiro atoms. The molecule has 0 rings (SSSR count). The van der Waals surface area contributed by atoms with Crippen LogP contribution in [0, 0.1) is 0 Å². The number of carboxylic acid groups (broad SMARTS) is 1. The molecule has 0 fully saturated rings. The number of nitrogens with one attached hydrogen (secondary N) is 2. The fourth-order valence-corrected chi connectivity index (χ4v) is 1.20. The van der Waals surface area contributed by atoms with Crippen molar-refractivity contribution >= 4 is 24.8 Å². The lowest BCUT2D eigenvalue weighted by molar-refractivity contribution is -0.139. The first-order valence-electron chi connectivity index (χ1n) is 3.34. The molecule has 0 aromatic heterocycles. The predicted octanol–water partition coefficient (Wildman–Crippen LogP) is -0.0208. The maximum Gasteiger partial charge on any atom is 0.320 e. The molecule has 6 heteroatoms. The van der Waals surface area contributed by atoms with Crippen molar-refractivity contribution in [3.8, 4) is 0 Å². The number of rotatable bonds is 6. The van der Waals surface area contributed by atoms with Gasteiger partial charge in [-0.2, -0.15) is 0 Å². The van der Waals surface area contributed by atoms with Crippen LogP contribution in [0.1, 0.15) is 12.8 Å². The SMILES string of the molecule is O=C(O)[C@H](CCCNP)NP. The van der Waals surface area contributed by atoms with Gasteiger partial charge in [0.05, 0.1) is 0 Å². The highest BCUT2D eigenvalue weighted by molar-refractivity contribution is 7.13. The normalized spacial score (nSPS) is 12.9. The van der Waals surface area contributed by atoms with E-state index in [-0.39, 0.29) is 0 Å². The van der Waals surface area contributed by atoms with Crippen molar-refractivity contribution in [2.75, 3.05) is 6.54 Å². The van der Waals surface area contributed by atoms with Crippen LogP contribution in [0.25, 0.3) is 0 Å². The molecule has 0 aliphatic rings. The van der Waals surface area contributed by atoms with Crippen LogP contribution in [0.15, 0.2) is 0 Å². The predicted molar refractivity (Wildman–Crippen MR) is 51.2 cm³/mol. The van der Waals surface area contributed by atoms with Gasteiger partial charge in [0.25, 0.3) is 0 Å². The quantitative estimate of drug-likeness (QED) is 0.412. The summed E-state index contributed by atoms with van der Waals surface area (Å²) in [5.41, 5.74) is 0. The van der Waals surface area contributed by atoms with Crippen LogP contribution in [-0.4, -0.2) is 23.7 Å². The molecule has 0 aliphatic heterocycles. The smallest absolute Gasteiger partial charge is 0.320 e. The van der Waals surface area contributed by atoms with Gasteiger partial charge in [-0.05, 0) is 19.4 Å². The molecular weight excluding hydrogens is 182 g/mol. The number of carbonyl (C=O) groups is 1. The minimum atomic E-state index is -0.802. The minimum absolute atomic E-state index is 0.446. The molecular formula is C5H14N2O2P2. The molecule has 0 amide bonds. The Morgan fingerprint density at radius 3 is 2.55 bits per heavy atom. The summed E-state index contributed by atoms with van der Waals surface area (Å²) < 4.78 is 0. The number of aliphatic carboxylic acids is 1. The highest BCUT2D eigenvalue weighted by atomic mass is 31.0. The van der Waals surface area contributed by atoms with Gasteiger partial charge in [0.15, 0.2) is 0 Å². The first kappa shape index (κ1) is 11.2. The van der Waals surface area contributed by atoms with Gasteiger partial charge in [-0.15, -0.1) is 0 Å². The summed E-state index contributed by atoms with van der Waals surface area (Å²) in [6.07, 6.45) is 1.49. The van der Waals surface area contributed by atoms with Gasteiger partial charge in [0.2, 0.25) is 0 Å². The zero-order valence-electron chi connectivity index (χ0n) is 6.21. The monoisotopic (exact) mass is 196 g/mol. The molecule has 0 bridgehead atoms. The van der Waals surface area contributed by atoms with E-state index in [1.165, 1.54) is 0 Å². The molecule has 66 valence electrons. The molecule has 0 aliphatic carbocycles. The Labute approximate surface area is 71.0 Å². The number of hydrogen-bond acceptors (Lipinski definition) is 3. The largest absolute Gasteiger partial charge is 0.480 e. The van der Waals surface area contributed by atoms with Gasteiger partial charge >= 0.3 is 5.97 Å². The Balaban J connectivity index is 3.44. The minimum Gasteiger partial charge on any atom is -0.480 e. The van der Waals surface area contributed by atoms with Crippen LogP contribution in [0.3, 0.4) is 0 Å². The van der Waals surface area contributed by atoms with E-state index in [1.54, 1.807) is 0 Å². The molecule has 2 unspecified atom stereocenters. The van der Waals surface area contributed by atoms with E-state index in [0.717, 1.165) is 13.0 Å². The van der Waals surface area contributed by atoms with Crippen LogP contribution in [0.5, 0.6) is 0 Å². The fourth-order valence-electron chi connectivity index (χ4n) is 0.686. The third-order valence-electron chi connectivity index (χ3n) is 1.31. The summed E-state index contributed by atoms with van der Waals surface area (Å²) in [6, 6.07) is -0.446. The molecule has 0 aromatic rings. The summed E-state index contributed by atoms with van der Waals surface area (Å²) in [5, 5.41) is 14.1.